The summed E-state index contributed by atoms with van der Waals surface area (Å²) in [5.41, 5.74) is -0.464. The van der Waals surface area contributed by atoms with Crippen LogP contribution in [0.5, 0.6) is 5.75 Å². The molecule has 1 N–H and O–H groups in total. The van der Waals surface area contributed by atoms with E-state index in [0.717, 1.165) is 12.1 Å². The molecule has 9 heteroatoms. The van der Waals surface area contributed by atoms with Crippen LogP contribution in [0.25, 0.3) is 0 Å². The summed E-state index contributed by atoms with van der Waals surface area (Å²) >= 11 is 0. The Balaban J connectivity index is 0.00000256. The quantitative estimate of drug-likeness (QED) is 0.347. The number of benzene rings is 1. The van der Waals surface area contributed by atoms with Crippen molar-refractivity contribution in [2.24, 2.45) is 0 Å². The number of ether oxygens (including phenoxy) is 1. The number of hydrogen-bond acceptors (Lipinski definition) is 6. The molecule has 0 saturated heterocycles. The smallest absolute Gasteiger partial charge is 0.744 e. The van der Waals surface area contributed by atoms with Gasteiger partial charge in [0.2, 0.25) is 0 Å². The average Bonchev–Trinajstić information content (AvgIpc) is 2.16. The summed E-state index contributed by atoms with van der Waals surface area (Å²) in [6.07, 6.45) is 0. The molecule has 86 valence electrons. The van der Waals surface area contributed by atoms with Crippen molar-refractivity contribution in [2.45, 2.75) is 4.90 Å². The minimum Gasteiger partial charge on any atom is -0.744 e. The number of carbonyl (C=O) groups is 2. The van der Waals surface area contributed by atoms with Gasteiger partial charge in [-0.15, -0.1) is 0 Å². The Hall–Kier alpha value is -0.930. The van der Waals surface area contributed by atoms with Crippen molar-refractivity contribution in [3.8, 4) is 5.75 Å². The Kier molecular flexibility index (Phi) is 5.79. The van der Waals surface area contributed by atoms with Gasteiger partial charge in [-0.3, -0.25) is 4.79 Å². The summed E-state index contributed by atoms with van der Waals surface area (Å²) in [5, 5.41) is 8.63. The zero-order valence-electron chi connectivity index (χ0n) is 8.61. The second-order valence-electron chi connectivity index (χ2n) is 2.67. The standard InChI is InChI=1S/C8H6O7S.Na/c9-4-15-6-1-5(8(10)11)2-7(3-6)16(12,13)14;/h1-4H,(H,10,11)(H,12,13,14);/q;+1/p-1. The zero-order chi connectivity index (χ0) is 12.3. The summed E-state index contributed by atoms with van der Waals surface area (Å²) in [4.78, 5) is 19.8. The van der Waals surface area contributed by atoms with Crippen molar-refractivity contribution in [1.29, 1.82) is 0 Å². The van der Waals surface area contributed by atoms with Crippen molar-refractivity contribution >= 4 is 22.6 Å². The van der Waals surface area contributed by atoms with E-state index in [1.165, 1.54) is 0 Å². The van der Waals surface area contributed by atoms with Gasteiger partial charge in [0.1, 0.15) is 15.9 Å². The summed E-state index contributed by atoms with van der Waals surface area (Å²) in [5.74, 6) is -1.77. The van der Waals surface area contributed by atoms with Crippen molar-refractivity contribution in [2.75, 3.05) is 0 Å². The molecule has 0 unspecified atom stereocenters. The van der Waals surface area contributed by atoms with Gasteiger partial charge in [0.25, 0.3) is 6.47 Å². The van der Waals surface area contributed by atoms with Crippen LogP contribution in [-0.2, 0) is 14.9 Å². The predicted octanol–water partition coefficient (Wildman–Crippen LogP) is -3.17. The van der Waals surface area contributed by atoms with Crippen LogP contribution in [0, 0.1) is 0 Å². The molecule has 0 aliphatic carbocycles. The third-order valence-electron chi connectivity index (χ3n) is 1.60. The first-order chi connectivity index (χ1) is 7.34. The molecular weight excluding hydrogens is 263 g/mol. The minimum atomic E-state index is -4.81. The van der Waals surface area contributed by atoms with Gasteiger partial charge in [0.05, 0.1) is 10.5 Å². The third kappa shape index (κ3) is 4.44. The zero-order valence-corrected chi connectivity index (χ0v) is 11.4. The van der Waals surface area contributed by atoms with E-state index in [9.17, 15) is 22.6 Å². The molecule has 0 spiro atoms. The molecule has 0 amide bonds. The number of carboxylic acids is 1. The van der Waals surface area contributed by atoms with Gasteiger partial charge < -0.3 is 14.4 Å². The first kappa shape index (κ1) is 16.1. The number of rotatable bonds is 4. The van der Waals surface area contributed by atoms with Gasteiger partial charge in [0, 0.05) is 0 Å². The molecule has 1 aromatic carbocycles. The van der Waals surface area contributed by atoms with E-state index in [-0.39, 0.29) is 41.8 Å². The van der Waals surface area contributed by atoms with Crippen LogP contribution < -0.4 is 34.3 Å². The van der Waals surface area contributed by atoms with Gasteiger partial charge in [-0.2, -0.15) is 0 Å². The van der Waals surface area contributed by atoms with E-state index in [0.29, 0.717) is 6.07 Å². The fourth-order valence-corrected chi connectivity index (χ4v) is 1.49. The number of carboxylic acid groups (broad SMARTS) is 1. The molecule has 0 fully saturated rings. The Morgan fingerprint density at radius 2 is 1.94 bits per heavy atom. The number of hydrogen-bond donors (Lipinski definition) is 1. The molecule has 0 radical (unpaired) electrons. The fraction of sp³-hybridized carbons (Fsp3) is 0. The van der Waals surface area contributed by atoms with Gasteiger partial charge >= 0.3 is 35.5 Å². The van der Waals surface area contributed by atoms with Crippen LogP contribution >= 0.6 is 0 Å². The molecule has 0 aliphatic heterocycles. The minimum absolute atomic E-state index is 0. The number of carbonyl (C=O) groups excluding carboxylic acids is 1. The van der Waals surface area contributed by atoms with E-state index in [4.69, 9.17) is 5.11 Å². The maximum Gasteiger partial charge on any atom is 1.00 e. The third-order valence-corrected chi connectivity index (χ3v) is 2.41. The van der Waals surface area contributed by atoms with Crippen LogP contribution in [-0.4, -0.2) is 30.5 Å². The molecule has 0 heterocycles. The molecule has 0 bridgehead atoms. The second-order valence-corrected chi connectivity index (χ2v) is 4.05. The SMILES string of the molecule is O=COc1cc(C(=O)O)cc(S(=O)(=O)[O-])c1.[Na+]. The van der Waals surface area contributed by atoms with Crippen LogP contribution in [0.1, 0.15) is 10.4 Å². The Morgan fingerprint density at radius 1 is 1.35 bits per heavy atom. The molecule has 1 rings (SSSR count). The fourth-order valence-electron chi connectivity index (χ4n) is 0.963. The predicted molar refractivity (Wildman–Crippen MR) is 48.1 cm³/mol. The Bertz CT molecular complexity index is 537. The topological polar surface area (TPSA) is 121 Å². The first-order valence-corrected chi connectivity index (χ1v) is 5.20. The molecule has 0 atom stereocenters. The molecular formula is C8H5NaO7S. The summed E-state index contributed by atoms with van der Waals surface area (Å²) in [6.45, 7) is -0.0117. The summed E-state index contributed by atoms with van der Waals surface area (Å²) < 4.78 is 36.3. The van der Waals surface area contributed by atoms with Crippen LogP contribution in [0.4, 0.5) is 0 Å². The number of aromatic carboxylic acids is 1. The summed E-state index contributed by atoms with van der Waals surface area (Å²) in [7, 11) is -4.81. The van der Waals surface area contributed by atoms with Crippen molar-refractivity contribution < 1.29 is 62.0 Å². The van der Waals surface area contributed by atoms with Gasteiger partial charge in [-0.25, -0.2) is 13.2 Å². The maximum absolute atomic E-state index is 10.7. The molecule has 17 heavy (non-hydrogen) atoms. The van der Waals surface area contributed by atoms with Crippen molar-refractivity contribution in [3.63, 3.8) is 0 Å². The van der Waals surface area contributed by atoms with Crippen LogP contribution in [0.2, 0.25) is 0 Å². The van der Waals surface area contributed by atoms with E-state index >= 15 is 0 Å². The van der Waals surface area contributed by atoms with Gasteiger partial charge in [-0.05, 0) is 18.2 Å². The molecule has 7 nitrogen and oxygen atoms in total. The molecule has 0 aliphatic rings. The van der Waals surface area contributed by atoms with E-state index in [2.05, 4.69) is 4.74 Å². The monoisotopic (exact) mass is 268 g/mol. The van der Waals surface area contributed by atoms with Crippen molar-refractivity contribution in [1.82, 2.24) is 0 Å². The van der Waals surface area contributed by atoms with Crippen LogP contribution in [0.15, 0.2) is 23.1 Å². The second kappa shape index (κ2) is 6.12. The van der Waals surface area contributed by atoms with Gasteiger partial charge in [-0.1, -0.05) is 0 Å². The first-order valence-electron chi connectivity index (χ1n) is 3.79. The van der Waals surface area contributed by atoms with E-state index in [1.807, 2.05) is 0 Å². The summed E-state index contributed by atoms with van der Waals surface area (Å²) in [6, 6.07) is 2.37. The normalized spacial score (nSPS) is 10.2. The van der Waals surface area contributed by atoms with Crippen LogP contribution in [0.3, 0.4) is 0 Å². The molecule has 0 aromatic heterocycles. The average molecular weight is 268 g/mol. The molecule has 1 aromatic rings. The largest absolute Gasteiger partial charge is 1.00 e. The van der Waals surface area contributed by atoms with Crippen molar-refractivity contribution in [3.05, 3.63) is 23.8 Å². The Morgan fingerprint density at radius 3 is 2.35 bits per heavy atom. The molecule has 0 saturated carbocycles. The Labute approximate surface area is 118 Å². The van der Waals surface area contributed by atoms with Gasteiger partial charge in [0.15, 0.2) is 0 Å². The van der Waals surface area contributed by atoms with E-state index in [1.54, 1.807) is 0 Å². The maximum atomic E-state index is 10.7. The van der Waals surface area contributed by atoms with E-state index < -0.39 is 26.5 Å².